The van der Waals surface area contributed by atoms with Gasteiger partial charge in [-0.25, -0.2) is 0 Å². The van der Waals surface area contributed by atoms with Crippen LogP contribution in [0.2, 0.25) is 0 Å². The minimum atomic E-state index is -0.177. The first-order valence-electron chi connectivity index (χ1n) is 7.45. The molecule has 0 radical (unpaired) electrons. The van der Waals surface area contributed by atoms with Crippen molar-refractivity contribution in [2.75, 3.05) is 13.1 Å². The number of rotatable bonds is 7. The lowest BCUT2D eigenvalue weighted by Crippen LogP contribution is -2.38. The SMILES string of the molecule is O=C(CNC(=O)Cc1cccc(Br)c1)NCCc1ccccc1. The van der Waals surface area contributed by atoms with Crippen LogP contribution in [0.3, 0.4) is 0 Å². The van der Waals surface area contributed by atoms with Crippen molar-refractivity contribution in [3.8, 4) is 0 Å². The minimum absolute atomic E-state index is 0.00161. The molecule has 0 saturated carbocycles. The summed E-state index contributed by atoms with van der Waals surface area (Å²) in [6.07, 6.45) is 1.04. The number of carbonyl (C=O) groups excluding carboxylic acids is 2. The van der Waals surface area contributed by atoms with Gasteiger partial charge in [-0.05, 0) is 29.7 Å². The third kappa shape index (κ3) is 6.65. The zero-order valence-corrected chi connectivity index (χ0v) is 14.3. The van der Waals surface area contributed by atoms with Gasteiger partial charge in [0.15, 0.2) is 0 Å². The smallest absolute Gasteiger partial charge is 0.239 e. The number of benzene rings is 2. The van der Waals surface area contributed by atoms with E-state index in [-0.39, 0.29) is 24.8 Å². The molecule has 0 fully saturated rings. The van der Waals surface area contributed by atoms with Gasteiger partial charge in [0.25, 0.3) is 0 Å². The molecule has 0 bridgehead atoms. The molecule has 0 aliphatic carbocycles. The summed E-state index contributed by atoms with van der Waals surface area (Å²) in [5.41, 5.74) is 2.08. The Balaban J connectivity index is 1.65. The Morgan fingerprint density at radius 1 is 0.870 bits per heavy atom. The van der Waals surface area contributed by atoms with Crippen molar-refractivity contribution in [2.24, 2.45) is 0 Å². The number of hydrogen-bond donors (Lipinski definition) is 2. The highest BCUT2D eigenvalue weighted by Gasteiger charge is 2.06. The molecular formula is C18H19BrN2O2. The van der Waals surface area contributed by atoms with E-state index in [0.29, 0.717) is 6.54 Å². The topological polar surface area (TPSA) is 58.2 Å². The zero-order valence-electron chi connectivity index (χ0n) is 12.7. The van der Waals surface area contributed by atoms with Gasteiger partial charge in [0, 0.05) is 11.0 Å². The highest BCUT2D eigenvalue weighted by Crippen LogP contribution is 2.11. The van der Waals surface area contributed by atoms with Crippen LogP contribution in [0.5, 0.6) is 0 Å². The molecule has 2 aromatic carbocycles. The summed E-state index contributed by atoms with van der Waals surface area (Å²) >= 11 is 3.37. The summed E-state index contributed by atoms with van der Waals surface area (Å²) < 4.78 is 0.932. The molecule has 0 aliphatic rings. The second-order valence-corrected chi connectivity index (χ2v) is 6.08. The molecule has 0 aliphatic heterocycles. The van der Waals surface area contributed by atoms with Gasteiger partial charge in [-0.15, -0.1) is 0 Å². The fourth-order valence-corrected chi connectivity index (χ4v) is 2.57. The molecule has 0 unspecified atom stereocenters. The normalized spacial score (nSPS) is 10.1. The lowest BCUT2D eigenvalue weighted by Gasteiger charge is -2.07. The van der Waals surface area contributed by atoms with Gasteiger partial charge in [0.05, 0.1) is 13.0 Å². The van der Waals surface area contributed by atoms with E-state index in [2.05, 4.69) is 26.6 Å². The van der Waals surface area contributed by atoms with E-state index in [9.17, 15) is 9.59 Å². The van der Waals surface area contributed by atoms with Crippen LogP contribution in [-0.4, -0.2) is 24.9 Å². The van der Waals surface area contributed by atoms with Crippen molar-refractivity contribution < 1.29 is 9.59 Å². The highest BCUT2D eigenvalue weighted by atomic mass is 79.9. The van der Waals surface area contributed by atoms with Gasteiger partial charge in [0.2, 0.25) is 11.8 Å². The molecule has 0 saturated heterocycles. The van der Waals surface area contributed by atoms with Crippen LogP contribution in [0.15, 0.2) is 59.1 Å². The summed E-state index contributed by atoms with van der Waals surface area (Å²) in [5, 5.41) is 5.43. The van der Waals surface area contributed by atoms with Crippen molar-refractivity contribution >= 4 is 27.7 Å². The van der Waals surface area contributed by atoms with Crippen molar-refractivity contribution in [2.45, 2.75) is 12.8 Å². The standard InChI is InChI=1S/C18H19BrN2O2/c19-16-8-4-7-15(11-16)12-17(22)21-13-18(23)20-10-9-14-5-2-1-3-6-14/h1-8,11H,9-10,12-13H2,(H,20,23)(H,21,22). The summed E-state index contributed by atoms with van der Waals surface area (Å²) in [7, 11) is 0. The zero-order chi connectivity index (χ0) is 16.5. The van der Waals surface area contributed by atoms with Gasteiger partial charge in [-0.1, -0.05) is 58.4 Å². The molecule has 2 rings (SSSR count). The maximum atomic E-state index is 11.8. The highest BCUT2D eigenvalue weighted by molar-refractivity contribution is 9.10. The summed E-state index contributed by atoms with van der Waals surface area (Å²) in [5.74, 6) is -0.343. The molecule has 2 N–H and O–H groups in total. The second-order valence-electron chi connectivity index (χ2n) is 5.17. The Morgan fingerprint density at radius 2 is 1.61 bits per heavy atom. The van der Waals surface area contributed by atoms with Crippen LogP contribution in [0.1, 0.15) is 11.1 Å². The van der Waals surface area contributed by atoms with Crippen molar-refractivity contribution in [1.29, 1.82) is 0 Å². The largest absolute Gasteiger partial charge is 0.354 e. The summed E-state index contributed by atoms with van der Waals surface area (Å²) in [6, 6.07) is 17.5. The fourth-order valence-electron chi connectivity index (χ4n) is 2.13. The molecule has 2 aromatic rings. The van der Waals surface area contributed by atoms with Gasteiger partial charge < -0.3 is 10.6 Å². The average molecular weight is 375 g/mol. The quantitative estimate of drug-likeness (QED) is 0.781. The molecule has 5 heteroatoms. The van der Waals surface area contributed by atoms with Crippen LogP contribution in [-0.2, 0) is 22.4 Å². The molecule has 0 aromatic heterocycles. The van der Waals surface area contributed by atoms with Gasteiger partial charge >= 0.3 is 0 Å². The van der Waals surface area contributed by atoms with E-state index in [1.807, 2.05) is 54.6 Å². The first-order valence-corrected chi connectivity index (χ1v) is 8.24. The van der Waals surface area contributed by atoms with Gasteiger partial charge in [0.1, 0.15) is 0 Å². The summed E-state index contributed by atoms with van der Waals surface area (Å²) in [6.45, 7) is 0.561. The van der Waals surface area contributed by atoms with Crippen molar-refractivity contribution in [3.05, 3.63) is 70.2 Å². The van der Waals surface area contributed by atoms with Crippen molar-refractivity contribution in [3.63, 3.8) is 0 Å². The number of nitrogens with one attached hydrogen (secondary N) is 2. The van der Waals surface area contributed by atoms with E-state index < -0.39 is 0 Å². The molecule has 0 spiro atoms. The van der Waals surface area contributed by atoms with Crippen LogP contribution in [0.4, 0.5) is 0 Å². The average Bonchev–Trinajstić information content (AvgIpc) is 2.54. The van der Waals surface area contributed by atoms with Crippen LogP contribution in [0, 0.1) is 0 Å². The second kappa shape index (κ2) is 9.10. The third-order valence-electron chi connectivity index (χ3n) is 3.28. The van der Waals surface area contributed by atoms with Crippen LogP contribution >= 0.6 is 15.9 Å². The lowest BCUT2D eigenvalue weighted by atomic mass is 10.1. The maximum Gasteiger partial charge on any atom is 0.239 e. The van der Waals surface area contributed by atoms with Crippen LogP contribution < -0.4 is 10.6 Å². The molecule has 0 heterocycles. The van der Waals surface area contributed by atoms with Gasteiger partial charge in [-0.3, -0.25) is 9.59 Å². The molecule has 0 atom stereocenters. The number of halogens is 1. The van der Waals surface area contributed by atoms with Gasteiger partial charge in [-0.2, -0.15) is 0 Å². The first kappa shape index (κ1) is 17.2. The van der Waals surface area contributed by atoms with E-state index in [1.54, 1.807) is 0 Å². The van der Waals surface area contributed by atoms with Crippen molar-refractivity contribution in [1.82, 2.24) is 10.6 Å². The first-order chi connectivity index (χ1) is 11.1. The third-order valence-corrected chi connectivity index (χ3v) is 3.77. The Kier molecular flexibility index (Phi) is 6.81. The molecular weight excluding hydrogens is 356 g/mol. The molecule has 120 valence electrons. The fraction of sp³-hybridized carbons (Fsp3) is 0.222. The van der Waals surface area contributed by atoms with E-state index in [0.717, 1.165) is 16.5 Å². The predicted octanol–water partition coefficient (Wildman–Crippen LogP) is 2.47. The van der Waals surface area contributed by atoms with E-state index in [4.69, 9.17) is 0 Å². The number of hydrogen-bond acceptors (Lipinski definition) is 2. The Morgan fingerprint density at radius 3 is 2.35 bits per heavy atom. The maximum absolute atomic E-state index is 11.8. The number of carbonyl (C=O) groups is 2. The van der Waals surface area contributed by atoms with E-state index in [1.165, 1.54) is 5.56 Å². The Labute approximate surface area is 144 Å². The predicted molar refractivity (Wildman–Crippen MR) is 94.0 cm³/mol. The monoisotopic (exact) mass is 374 g/mol. The van der Waals surface area contributed by atoms with Crippen LogP contribution in [0.25, 0.3) is 0 Å². The Hall–Kier alpha value is -2.14. The van der Waals surface area contributed by atoms with E-state index >= 15 is 0 Å². The minimum Gasteiger partial charge on any atom is -0.354 e. The molecule has 23 heavy (non-hydrogen) atoms. The molecule has 2 amide bonds. The Bertz CT molecular complexity index is 659. The molecule has 4 nitrogen and oxygen atoms in total. The lowest BCUT2D eigenvalue weighted by molar-refractivity contribution is -0.125. The summed E-state index contributed by atoms with van der Waals surface area (Å²) in [4.78, 5) is 23.5. The number of amides is 2.